The van der Waals surface area contributed by atoms with Crippen molar-refractivity contribution in [2.45, 2.75) is 6.04 Å². The van der Waals surface area contributed by atoms with E-state index in [0.29, 0.717) is 35.4 Å². The number of hydrogen-bond donors (Lipinski definition) is 2. The molecule has 0 amide bonds. The van der Waals surface area contributed by atoms with Gasteiger partial charge in [0.2, 0.25) is 0 Å². The van der Waals surface area contributed by atoms with Crippen LogP contribution in [0.5, 0.6) is 17.2 Å². The zero-order chi connectivity index (χ0) is 25.9. The Morgan fingerprint density at radius 1 is 0.919 bits per heavy atom. The van der Waals surface area contributed by atoms with Crippen molar-refractivity contribution in [2.75, 3.05) is 66.3 Å². The molecule has 37 heavy (non-hydrogen) atoms. The van der Waals surface area contributed by atoms with Crippen molar-refractivity contribution in [1.82, 2.24) is 24.8 Å². The molecule has 1 fully saturated rings. The molecule has 10 heteroatoms. The summed E-state index contributed by atoms with van der Waals surface area (Å²) < 4.78 is 17.0. The topological polar surface area (TPSA) is 125 Å². The van der Waals surface area contributed by atoms with Crippen LogP contribution >= 0.6 is 0 Å². The molecule has 1 aliphatic heterocycles. The maximum atomic E-state index is 6.36. The van der Waals surface area contributed by atoms with Gasteiger partial charge in [-0.25, -0.2) is 4.98 Å². The molecule has 0 bridgehead atoms. The first kappa shape index (κ1) is 24.9. The first-order valence-corrected chi connectivity index (χ1v) is 12.3. The maximum absolute atomic E-state index is 6.36. The summed E-state index contributed by atoms with van der Waals surface area (Å²) in [6.07, 6.45) is 5.17. The van der Waals surface area contributed by atoms with Crippen LogP contribution in [0.1, 0.15) is 0 Å². The number of nitrogens with two attached hydrogens (primary N) is 2. The number of anilines is 1. The minimum atomic E-state index is -0.0904. The number of pyridine rings is 3. The highest BCUT2D eigenvalue weighted by atomic mass is 16.5. The third-order valence-electron chi connectivity index (χ3n) is 6.77. The maximum Gasteiger partial charge on any atom is 0.162 e. The molecule has 0 saturated carbocycles. The van der Waals surface area contributed by atoms with Crippen molar-refractivity contribution in [1.29, 1.82) is 0 Å². The van der Waals surface area contributed by atoms with E-state index in [-0.39, 0.29) is 6.04 Å². The number of fused-ring (bicyclic) bond motifs is 3. The number of rotatable bonds is 8. The van der Waals surface area contributed by atoms with Gasteiger partial charge in [-0.2, -0.15) is 0 Å². The third-order valence-corrected chi connectivity index (χ3v) is 6.77. The van der Waals surface area contributed by atoms with Gasteiger partial charge in [0.05, 0.1) is 37.7 Å². The Morgan fingerprint density at radius 3 is 2.43 bits per heavy atom. The number of piperazine rings is 1. The molecule has 0 unspecified atom stereocenters. The van der Waals surface area contributed by atoms with Crippen LogP contribution in [0.4, 0.5) is 5.82 Å². The molecule has 0 spiro atoms. The summed E-state index contributed by atoms with van der Waals surface area (Å²) >= 11 is 0. The highest BCUT2D eigenvalue weighted by molar-refractivity contribution is 6.10. The molecule has 1 atom stereocenters. The zero-order valence-electron chi connectivity index (χ0n) is 21.5. The Hall–Kier alpha value is -3.73. The smallest absolute Gasteiger partial charge is 0.162 e. The van der Waals surface area contributed by atoms with Crippen molar-refractivity contribution in [3.8, 4) is 28.5 Å². The SMILES string of the molecule is COc1cc2ncc3c(N)nc(-c4cncc(OC[C@H](N)CN5CCN(C)CC5)c4)cc3c2cc1OC. The van der Waals surface area contributed by atoms with Gasteiger partial charge in [-0.05, 0) is 30.6 Å². The number of nitrogen functional groups attached to an aromatic ring is 1. The van der Waals surface area contributed by atoms with Gasteiger partial charge < -0.3 is 30.6 Å². The Bertz CT molecular complexity index is 1410. The summed E-state index contributed by atoms with van der Waals surface area (Å²) in [4.78, 5) is 18.3. The summed E-state index contributed by atoms with van der Waals surface area (Å²) in [5.41, 5.74) is 15.0. The number of ether oxygens (including phenoxy) is 3. The molecule has 1 aromatic carbocycles. The van der Waals surface area contributed by atoms with Crippen LogP contribution in [0, 0.1) is 0 Å². The quantitative estimate of drug-likeness (QED) is 0.346. The first-order valence-electron chi connectivity index (χ1n) is 12.3. The van der Waals surface area contributed by atoms with Crippen LogP contribution in [0.3, 0.4) is 0 Å². The Balaban J connectivity index is 1.39. The number of hydrogen-bond acceptors (Lipinski definition) is 10. The highest BCUT2D eigenvalue weighted by Crippen LogP contribution is 2.37. The monoisotopic (exact) mass is 503 g/mol. The van der Waals surface area contributed by atoms with Crippen molar-refractivity contribution >= 4 is 27.5 Å². The summed E-state index contributed by atoms with van der Waals surface area (Å²) in [5, 5.41) is 2.56. The van der Waals surface area contributed by atoms with Crippen LogP contribution in [0.15, 0.2) is 42.9 Å². The number of benzene rings is 1. The van der Waals surface area contributed by atoms with Gasteiger partial charge >= 0.3 is 0 Å². The van der Waals surface area contributed by atoms with Crippen molar-refractivity contribution in [3.05, 3.63) is 42.9 Å². The largest absolute Gasteiger partial charge is 0.493 e. The van der Waals surface area contributed by atoms with E-state index in [2.05, 4.69) is 31.8 Å². The van der Waals surface area contributed by atoms with Gasteiger partial charge in [0, 0.05) is 67.5 Å². The molecule has 3 aromatic heterocycles. The lowest BCUT2D eigenvalue weighted by atomic mass is 10.0. The molecule has 10 nitrogen and oxygen atoms in total. The number of aromatic nitrogens is 3. The van der Waals surface area contributed by atoms with Crippen LogP contribution in [0.2, 0.25) is 0 Å². The number of methoxy groups -OCH3 is 2. The third kappa shape index (κ3) is 5.36. The van der Waals surface area contributed by atoms with Crippen LogP contribution < -0.4 is 25.7 Å². The van der Waals surface area contributed by atoms with E-state index >= 15 is 0 Å². The normalized spacial score (nSPS) is 15.7. The van der Waals surface area contributed by atoms with Gasteiger partial charge in [-0.3, -0.25) is 14.9 Å². The lowest BCUT2D eigenvalue weighted by Crippen LogP contribution is -2.49. The van der Waals surface area contributed by atoms with E-state index in [1.54, 1.807) is 32.8 Å². The van der Waals surface area contributed by atoms with E-state index in [0.717, 1.165) is 60.0 Å². The summed E-state index contributed by atoms with van der Waals surface area (Å²) in [6, 6.07) is 7.57. The van der Waals surface area contributed by atoms with E-state index in [4.69, 9.17) is 25.7 Å². The van der Waals surface area contributed by atoms with Crippen LogP contribution in [-0.2, 0) is 0 Å². The molecule has 4 heterocycles. The fraction of sp³-hybridized carbons (Fsp3) is 0.370. The minimum Gasteiger partial charge on any atom is -0.493 e. The molecule has 1 saturated heterocycles. The molecule has 1 aliphatic rings. The minimum absolute atomic E-state index is 0.0904. The predicted octanol–water partition coefficient (Wildman–Crippen LogP) is 2.40. The van der Waals surface area contributed by atoms with Gasteiger partial charge in [-0.15, -0.1) is 0 Å². The van der Waals surface area contributed by atoms with Crippen LogP contribution in [0.25, 0.3) is 32.9 Å². The van der Waals surface area contributed by atoms with Gasteiger partial charge in [0.15, 0.2) is 11.5 Å². The molecule has 4 N–H and O–H groups in total. The van der Waals surface area contributed by atoms with Crippen molar-refractivity contribution in [2.24, 2.45) is 5.73 Å². The summed E-state index contributed by atoms with van der Waals surface area (Å²) in [7, 11) is 5.36. The fourth-order valence-electron chi connectivity index (χ4n) is 4.66. The molecule has 0 aliphatic carbocycles. The lowest BCUT2D eigenvalue weighted by molar-refractivity contribution is 0.137. The summed E-state index contributed by atoms with van der Waals surface area (Å²) in [6.45, 7) is 5.39. The number of nitrogens with zero attached hydrogens (tertiary/aromatic N) is 5. The Labute approximate surface area is 216 Å². The molecule has 5 rings (SSSR count). The van der Waals surface area contributed by atoms with E-state index in [9.17, 15) is 0 Å². The standard InChI is InChI=1S/C27H33N7O3/c1-33-4-6-34(7-5-33)15-18(28)16-37-19-8-17(12-30-13-19)23-9-20-21-10-25(35-2)26(36-3)11-24(21)31-14-22(20)27(29)32-23/h8-14,18H,4-7,15-16,28H2,1-3H3,(H2,29,32)/t18-/m1/s1. The lowest BCUT2D eigenvalue weighted by Gasteiger charge is -2.33. The Morgan fingerprint density at radius 2 is 1.68 bits per heavy atom. The molecular formula is C27H33N7O3. The second kappa shape index (κ2) is 10.7. The van der Waals surface area contributed by atoms with Gasteiger partial charge in [0.25, 0.3) is 0 Å². The first-order chi connectivity index (χ1) is 17.9. The van der Waals surface area contributed by atoms with E-state index in [1.165, 1.54) is 0 Å². The average Bonchev–Trinajstić information content (AvgIpc) is 2.92. The molecule has 194 valence electrons. The molecular weight excluding hydrogens is 470 g/mol. The van der Waals surface area contributed by atoms with Crippen LogP contribution in [-0.4, -0.2) is 91.4 Å². The van der Waals surface area contributed by atoms with E-state index < -0.39 is 0 Å². The van der Waals surface area contributed by atoms with Gasteiger partial charge in [0.1, 0.15) is 18.2 Å². The second-order valence-electron chi connectivity index (χ2n) is 9.42. The number of likely N-dealkylation sites (N-methyl/N-ethyl adjacent to an activating group) is 1. The van der Waals surface area contributed by atoms with Crippen molar-refractivity contribution in [3.63, 3.8) is 0 Å². The second-order valence-corrected chi connectivity index (χ2v) is 9.42. The predicted molar refractivity (Wildman–Crippen MR) is 145 cm³/mol. The highest BCUT2D eigenvalue weighted by Gasteiger charge is 2.17. The average molecular weight is 504 g/mol. The molecule has 0 radical (unpaired) electrons. The van der Waals surface area contributed by atoms with E-state index in [1.807, 2.05) is 24.3 Å². The zero-order valence-corrected chi connectivity index (χ0v) is 21.5. The Kier molecular flexibility index (Phi) is 7.22. The van der Waals surface area contributed by atoms with Gasteiger partial charge in [-0.1, -0.05) is 0 Å². The molecule has 4 aromatic rings. The van der Waals surface area contributed by atoms with Crippen molar-refractivity contribution < 1.29 is 14.2 Å². The summed E-state index contributed by atoms with van der Waals surface area (Å²) in [5.74, 6) is 2.25. The fourth-order valence-corrected chi connectivity index (χ4v) is 4.66.